The summed E-state index contributed by atoms with van der Waals surface area (Å²) in [5.41, 5.74) is -1.05. The van der Waals surface area contributed by atoms with Crippen LogP contribution in [0.2, 0.25) is 0 Å². The van der Waals surface area contributed by atoms with Gasteiger partial charge < -0.3 is 5.11 Å². The van der Waals surface area contributed by atoms with Crippen molar-refractivity contribution in [3.63, 3.8) is 0 Å². The average molecular weight is 226 g/mol. The van der Waals surface area contributed by atoms with Crippen LogP contribution in [0.4, 0.5) is 8.78 Å². The second-order valence-corrected chi connectivity index (χ2v) is 4.65. The van der Waals surface area contributed by atoms with Gasteiger partial charge in [0.25, 0.3) is 0 Å². The van der Waals surface area contributed by atoms with E-state index in [2.05, 4.69) is 0 Å². The van der Waals surface area contributed by atoms with E-state index in [0.717, 1.165) is 19.3 Å². The lowest BCUT2D eigenvalue weighted by molar-refractivity contribution is -0.00712. The second-order valence-electron chi connectivity index (χ2n) is 4.65. The van der Waals surface area contributed by atoms with Crippen LogP contribution < -0.4 is 0 Å². The molecule has 1 N–H and O–H groups in total. The first-order valence-electron chi connectivity index (χ1n) is 5.72. The van der Waals surface area contributed by atoms with Gasteiger partial charge in [0.2, 0.25) is 0 Å². The van der Waals surface area contributed by atoms with Crippen LogP contribution in [0.15, 0.2) is 12.1 Å². The molecule has 1 aliphatic carbocycles. The number of hydrogen-bond acceptors (Lipinski definition) is 1. The summed E-state index contributed by atoms with van der Waals surface area (Å²) in [7, 11) is 0. The van der Waals surface area contributed by atoms with Crippen LogP contribution in [0.5, 0.6) is 0 Å². The lowest BCUT2D eigenvalue weighted by atomic mass is 9.79. The Morgan fingerprint density at radius 3 is 2.38 bits per heavy atom. The normalized spacial score (nSPS) is 19.8. The molecule has 1 nitrogen and oxygen atoms in total. The number of rotatable bonds is 1. The van der Waals surface area contributed by atoms with Gasteiger partial charge in [-0.2, -0.15) is 0 Å². The van der Waals surface area contributed by atoms with Gasteiger partial charge in [0, 0.05) is 0 Å². The van der Waals surface area contributed by atoms with Crippen molar-refractivity contribution in [1.29, 1.82) is 0 Å². The molecular weight excluding hydrogens is 210 g/mol. The largest absolute Gasteiger partial charge is 0.385 e. The quantitative estimate of drug-likeness (QED) is 0.777. The van der Waals surface area contributed by atoms with Crippen molar-refractivity contribution < 1.29 is 13.9 Å². The lowest BCUT2D eigenvalue weighted by Crippen LogP contribution is -2.31. The molecule has 0 aromatic heterocycles. The predicted octanol–water partition coefficient (Wildman–Crippen LogP) is 3.42. The van der Waals surface area contributed by atoms with Crippen LogP contribution in [0, 0.1) is 18.6 Å². The molecule has 0 amide bonds. The van der Waals surface area contributed by atoms with Crippen molar-refractivity contribution in [2.75, 3.05) is 0 Å². The molecule has 16 heavy (non-hydrogen) atoms. The van der Waals surface area contributed by atoms with Crippen molar-refractivity contribution in [3.05, 3.63) is 34.9 Å². The van der Waals surface area contributed by atoms with Gasteiger partial charge in [-0.25, -0.2) is 8.78 Å². The fourth-order valence-corrected chi connectivity index (χ4v) is 2.47. The van der Waals surface area contributed by atoms with E-state index in [0.29, 0.717) is 18.4 Å². The van der Waals surface area contributed by atoms with Crippen LogP contribution in [-0.4, -0.2) is 5.11 Å². The summed E-state index contributed by atoms with van der Waals surface area (Å²) < 4.78 is 27.6. The van der Waals surface area contributed by atoms with Gasteiger partial charge in [-0.1, -0.05) is 25.3 Å². The number of halogens is 2. The molecule has 0 radical (unpaired) electrons. The number of aryl methyl sites for hydroxylation is 1. The third-order valence-electron chi connectivity index (χ3n) is 3.43. The summed E-state index contributed by atoms with van der Waals surface area (Å²) in [5.74, 6) is -1.23. The van der Waals surface area contributed by atoms with Crippen LogP contribution >= 0.6 is 0 Å². The zero-order valence-corrected chi connectivity index (χ0v) is 9.39. The molecule has 88 valence electrons. The molecule has 2 rings (SSSR count). The van der Waals surface area contributed by atoms with Crippen molar-refractivity contribution in [3.8, 4) is 0 Å². The Kier molecular flexibility index (Phi) is 2.98. The Morgan fingerprint density at radius 2 is 1.75 bits per heavy atom. The molecule has 0 bridgehead atoms. The van der Waals surface area contributed by atoms with E-state index in [1.165, 1.54) is 12.1 Å². The van der Waals surface area contributed by atoms with E-state index in [-0.39, 0.29) is 5.56 Å². The lowest BCUT2D eigenvalue weighted by Gasteiger charge is -2.33. The molecule has 1 saturated carbocycles. The van der Waals surface area contributed by atoms with Crippen molar-refractivity contribution in [2.24, 2.45) is 0 Å². The van der Waals surface area contributed by atoms with Gasteiger partial charge in [-0.3, -0.25) is 0 Å². The van der Waals surface area contributed by atoms with E-state index < -0.39 is 17.2 Å². The maximum Gasteiger partial charge on any atom is 0.135 e. The van der Waals surface area contributed by atoms with E-state index in [9.17, 15) is 13.9 Å². The first kappa shape index (κ1) is 11.5. The van der Waals surface area contributed by atoms with Crippen molar-refractivity contribution in [2.45, 2.75) is 44.6 Å². The Balaban J connectivity index is 2.49. The maximum absolute atomic E-state index is 13.9. The van der Waals surface area contributed by atoms with Gasteiger partial charge >= 0.3 is 0 Å². The summed E-state index contributed by atoms with van der Waals surface area (Å²) in [4.78, 5) is 0. The minimum Gasteiger partial charge on any atom is -0.385 e. The smallest absolute Gasteiger partial charge is 0.135 e. The Labute approximate surface area is 94.1 Å². The Bertz CT molecular complexity index is 395. The minimum absolute atomic E-state index is 0.132. The van der Waals surface area contributed by atoms with Crippen LogP contribution in [0.1, 0.15) is 43.2 Å². The molecular formula is C13H16F2O. The molecule has 1 aromatic rings. The van der Waals surface area contributed by atoms with Crippen LogP contribution in [-0.2, 0) is 5.60 Å². The molecule has 0 aliphatic heterocycles. The molecule has 0 spiro atoms. The molecule has 0 unspecified atom stereocenters. The molecule has 3 heteroatoms. The summed E-state index contributed by atoms with van der Waals surface area (Å²) >= 11 is 0. The minimum atomic E-state index is -1.31. The maximum atomic E-state index is 13.9. The van der Waals surface area contributed by atoms with E-state index >= 15 is 0 Å². The standard InChI is InChI=1S/C13H16F2O/c1-9-5-6-10(14)11(12(9)15)13(16)7-3-2-4-8-13/h5-6,16H,2-4,7-8H2,1H3. The molecule has 0 atom stereocenters. The highest BCUT2D eigenvalue weighted by atomic mass is 19.1. The SMILES string of the molecule is Cc1ccc(F)c(C2(O)CCCCC2)c1F. The number of aliphatic hydroxyl groups is 1. The van der Waals surface area contributed by atoms with Crippen molar-refractivity contribution in [1.82, 2.24) is 0 Å². The fraction of sp³-hybridized carbons (Fsp3) is 0.538. The highest BCUT2D eigenvalue weighted by molar-refractivity contribution is 5.31. The fourth-order valence-electron chi connectivity index (χ4n) is 2.47. The zero-order valence-electron chi connectivity index (χ0n) is 9.39. The summed E-state index contributed by atoms with van der Waals surface area (Å²) in [6.45, 7) is 1.59. The van der Waals surface area contributed by atoms with E-state index in [1.807, 2.05) is 0 Å². The highest BCUT2D eigenvalue weighted by Gasteiger charge is 2.36. The summed E-state index contributed by atoms with van der Waals surface area (Å²) in [5, 5.41) is 10.3. The third kappa shape index (κ3) is 1.84. The predicted molar refractivity (Wildman–Crippen MR) is 58.1 cm³/mol. The highest BCUT2D eigenvalue weighted by Crippen LogP contribution is 2.39. The van der Waals surface area contributed by atoms with Gasteiger partial charge in [-0.15, -0.1) is 0 Å². The van der Waals surface area contributed by atoms with E-state index in [4.69, 9.17) is 0 Å². The molecule has 1 aromatic carbocycles. The first-order chi connectivity index (χ1) is 7.54. The summed E-state index contributed by atoms with van der Waals surface area (Å²) in [6.07, 6.45) is 3.57. The topological polar surface area (TPSA) is 20.2 Å². The third-order valence-corrected chi connectivity index (χ3v) is 3.43. The molecule has 1 fully saturated rings. The van der Waals surface area contributed by atoms with E-state index in [1.54, 1.807) is 6.92 Å². The van der Waals surface area contributed by atoms with Gasteiger partial charge in [0.1, 0.15) is 11.6 Å². The summed E-state index contributed by atoms with van der Waals surface area (Å²) in [6, 6.07) is 2.64. The first-order valence-corrected chi connectivity index (χ1v) is 5.72. The Morgan fingerprint density at radius 1 is 1.12 bits per heavy atom. The Hall–Kier alpha value is -0.960. The monoisotopic (exact) mass is 226 g/mol. The van der Waals surface area contributed by atoms with Gasteiger partial charge in [0.15, 0.2) is 0 Å². The zero-order chi connectivity index (χ0) is 11.8. The van der Waals surface area contributed by atoms with Crippen LogP contribution in [0.25, 0.3) is 0 Å². The molecule has 0 heterocycles. The van der Waals surface area contributed by atoms with Crippen molar-refractivity contribution >= 4 is 0 Å². The average Bonchev–Trinajstić information content (AvgIpc) is 2.25. The van der Waals surface area contributed by atoms with Gasteiger partial charge in [-0.05, 0) is 31.4 Å². The number of hydrogen-bond donors (Lipinski definition) is 1. The molecule has 1 aliphatic rings. The van der Waals surface area contributed by atoms with Crippen LogP contribution in [0.3, 0.4) is 0 Å². The van der Waals surface area contributed by atoms with Gasteiger partial charge in [0.05, 0.1) is 11.2 Å². The second kappa shape index (κ2) is 4.13. The number of benzene rings is 1. The molecule has 0 saturated heterocycles.